The van der Waals surface area contributed by atoms with Crippen LogP contribution in [0.4, 0.5) is 0 Å². The number of amides is 1. The Morgan fingerprint density at radius 3 is 2.81 bits per heavy atom. The zero-order chi connectivity index (χ0) is 13.9. The number of ether oxygens (including phenoxy) is 2. The lowest BCUT2D eigenvalue weighted by molar-refractivity contribution is 0.0775. The molecule has 1 amide bonds. The number of nitrogens with zero attached hydrogens (tertiary/aromatic N) is 1. The van der Waals surface area contributed by atoms with Crippen LogP contribution in [0.15, 0.2) is 18.2 Å². The van der Waals surface area contributed by atoms with E-state index in [9.17, 15) is 4.79 Å². The van der Waals surface area contributed by atoms with Gasteiger partial charge in [0, 0.05) is 19.2 Å². The molecule has 5 nitrogen and oxygen atoms in total. The van der Waals surface area contributed by atoms with E-state index in [0.717, 1.165) is 31.8 Å². The van der Waals surface area contributed by atoms with Crippen LogP contribution in [0.3, 0.4) is 0 Å². The summed E-state index contributed by atoms with van der Waals surface area (Å²) < 4.78 is 11.0. The molecule has 0 saturated carbocycles. The quantitative estimate of drug-likeness (QED) is 0.920. The van der Waals surface area contributed by atoms with Crippen LogP contribution in [0.25, 0.3) is 0 Å². The number of carbonyl (C=O) groups excluding carboxylic acids is 1. The molecule has 2 heterocycles. The van der Waals surface area contributed by atoms with Crippen molar-refractivity contribution < 1.29 is 14.3 Å². The first-order valence-electron chi connectivity index (χ1n) is 7.10. The summed E-state index contributed by atoms with van der Waals surface area (Å²) in [4.78, 5) is 14.2. The van der Waals surface area contributed by atoms with E-state index in [1.807, 2.05) is 13.1 Å². The van der Waals surface area contributed by atoms with Gasteiger partial charge in [-0.1, -0.05) is 0 Å². The molecule has 3 rings (SSSR count). The van der Waals surface area contributed by atoms with E-state index in [1.165, 1.54) is 0 Å². The van der Waals surface area contributed by atoms with Gasteiger partial charge in [-0.15, -0.1) is 12.4 Å². The first-order valence-corrected chi connectivity index (χ1v) is 7.10. The molecule has 1 atom stereocenters. The number of carbonyl (C=O) groups is 1. The van der Waals surface area contributed by atoms with Gasteiger partial charge in [-0.25, -0.2) is 0 Å². The molecule has 0 aliphatic carbocycles. The third-order valence-corrected chi connectivity index (χ3v) is 3.83. The summed E-state index contributed by atoms with van der Waals surface area (Å²) in [6, 6.07) is 5.40. The molecule has 2 aliphatic heterocycles. The first-order chi connectivity index (χ1) is 9.74. The number of benzene rings is 1. The minimum atomic E-state index is 0. The Hall–Kier alpha value is -1.46. The van der Waals surface area contributed by atoms with Crippen LogP contribution < -0.4 is 14.8 Å². The zero-order valence-electron chi connectivity index (χ0n) is 12.1. The van der Waals surface area contributed by atoms with Crippen molar-refractivity contribution in [2.45, 2.75) is 6.42 Å². The van der Waals surface area contributed by atoms with Crippen molar-refractivity contribution in [3.05, 3.63) is 23.8 Å². The molecule has 6 heteroatoms. The van der Waals surface area contributed by atoms with Crippen molar-refractivity contribution in [3.63, 3.8) is 0 Å². The van der Waals surface area contributed by atoms with E-state index in [1.54, 1.807) is 17.0 Å². The molecule has 2 aliphatic rings. The molecule has 1 fully saturated rings. The highest BCUT2D eigenvalue weighted by molar-refractivity contribution is 5.94. The SMILES string of the molecule is CN(CC1CCNC1)C(=O)c1ccc2c(c1)OCCO2.Cl. The molecule has 1 saturated heterocycles. The van der Waals surface area contributed by atoms with Crippen molar-refractivity contribution in [2.24, 2.45) is 5.92 Å². The van der Waals surface area contributed by atoms with E-state index >= 15 is 0 Å². The number of nitrogens with one attached hydrogen (secondary N) is 1. The van der Waals surface area contributed by atoms with Crippen molar-refractivity contribution >= 4 is 18.3 Å². The van der Waals surface area contributed by atoms with E-state index in [4.69, 9.17) is 9.47 Å². The fourth-order valence-corrected chi connectivity index (χ4v) is 2.74. The fraction of sp³-hybridized carbons (Fsp3) is 0.533. The number of hydrogen-bond acceptors (Lipinski definition) is 4. The number of halogens is 1. The van der Waals surface area contributed by atoms with Gasteiger partial charge in [0.2, 0.25) is 0 Å². The second kappa shape index (κ2) is 7.00. The molecule has 1 aromatic rings. The minimum Gasteiger partial charge on any atom is -0.486 e. The lowest BCUT2D eigenvalue weighted by Gasteiger charge is -2.22. The summed E-state index contributed by atoms with van der Waals surface area (Å²) in [5.74, 6) is 1.98. The lowest BCUT2D eigenvalue weighted by atomic mass is 10.1. The Bertz CT molecular complexity index is 504. The summed E-state index contributed by atoms with van der Waals surface area (Å²) in [5, 5.41) is 3.32. The maximum absolute atomic E-state index is 12.4. The molecular formula is C15H21ClN2O3. The third kappa shape index (κ3) is 3.60. The van der Waals surface area contributed by atoms with Gasteiger partial charge in [0.25, 0.3) is 5.91 Å². The lowest BCUT2D eigenvalue weighted by Crippen LogP contribution is -2.32. The Balaban J connectivity index is 0.00000161. The molecule has 0 spiro atoms. The highest BCUT2D eigenvalue weighted by Gasteiger charge is 2.21. The number of fused-ring (bicyclic) bond motifs is 1. The number of hydrogen-bond donors (Lipinski definition) is 1. The second-order valence-electron chi connectivity index (χ2n) is 5.40. The van der Waals surface area contributed by atoms with Crippen molar-refractivity contribution in [1.82, 2.24) is 10.2 Å². The van der Waals surface area contributed by atoms with E-state index in [-0.39, 0.29) is 18.3 Å². The molecule has 116 valence electrons. The Morgan fingerprint density at radius 1 is 1.33 bits per heavy atom. The molecule has 0 bridgehead atoms. The Morgan fingerprint density at radius 2 is 2.10 bits per heavy atom. The highest BCUT2D eigenvalue weighted by atomic mass is 35.5. The zero-order valence-corrected chi connectivity index (χ0v) is 12.9. The van der Waals surface area contributed by atoms with E-state index in [0.29, 0.717) is 30.4 Å². The molecule has 0 aromatic heterocycles. The van der Waals surface area contributed by atoms with E-state index < -0.39 is 0 Å². The van der Waals surface area contributed by atoms with Crippen LogP contribution in [0.2, 0.25) is 0 Å². The molecule has 1 aromatic carbocycles. The van der Waals surface area contributed by atoms with Crippen LogP contribution in [0.1, 0.15) is 16.8 Å². The first kappa shape index (κ1) is 15.9. The predicted octanol–water partition coefficient (Wildman–Crippen LogP) is 1.56. The average Bonchev–Trinajstić information content (AvgIpc) is 2.99. The average molecular weight is 313 g/mol. The van der Waals surface area contributed by atoms with Crippen LogP contribution >= 0.6 is 12.4 Å². The van der Waals surface area contributed by atoms with E-state index in [2.05, 4.69) is 5.32 Å². The summed E-state index contributed by atoms with van der Waals surface area (Å²) in [6.07, 6.45) is 1.14. The predicted molar refractivity (Wildman–Crippen MR) is 82.6 cm³/mol. The second-order valence-corrected chi connectivity index (χ2v) is 5.40. The maximum Gasteiger partial charge on any atom is 0.253 e. The summed E-state index contributed by atoms with van der Waals surface area (Å²) in [6.45, 7) is 3.94. The number of rotatable bonds is 3. The monoisotopic (exact) mass is 312 g/mol. The molecule has 21 heavy (non-hydrogen) atoms. The van der Waals surface area contributed by atoms with Gasteiger partial charge >= 0.3 is 0 Å². The van der Waals surface area contributed by atoms with Crippen LogP contribution in [0, 0.1) is 5.92 Å². The summed E-state index contributed by atoms with van der Waals surface area (Å²) in [5.41, 5.74) is 0.655. The van der Waals surface area contributed by atoms with Gasteiger partial charge in [-0.3, -0.25) is 4.79 Å². The largest absolute Gasteiger partial charge is 0.486 e. The topological polar surface area (TPSA) is 50.8 Å². The smallest absolute Gasteiger partial charge is 0.253 e. The van der Waals surface area contributed by atoms with Gasteiger partial charge in [-0.05, 0) is 43.6 Å². The minimum absolute atomic E-state index is 0. The fourth-order valence-electron chi connectivity index (χ4n) is 2.74. The molecule has 1 unspecified atom stereocenters. The van der Waals surface area contributed by atoms with Gasteiger partial charge < -0.3 is 19.7 Å². The van der Waals surface area contributed by atoms with Crippen molar-refractivity contribution in [2.75, 3.05) is 39.9 Å². The van der Waals surface area contributed by atoms with Gasteiger partial charge in [0.05, 0.1) is 0 Å². The van der Waals surface area contributed by atoms with Gasteiger partial charge in [-0.2, -0.15) is 0 Å². The van der Waals surface area contributed by atoms with Crippen molar-refractivity contribution in [1.29, 1.82) is 0 Å². The van der Waals surface area contributed by atoms with Gasteiger partial charge in [0.1, 0.15) is 13.2 Å². The van der Waals surface area contributed by atoms with Crippen LogP contribution in [-0.4, -0.2) is 50.7 Å². The van der Waals surface area contributed by atoms with Crippen LogP contribution in [-0.2, 0) is 0 Å². The molecule has 0 radical (unpaired) electrons. The molecular weight excluding hydrogens is 292 g/mol. The van der Waals surface area contributed by atoms with Gasteiger partial charge in [0.15, 0.2) is 11.5 Å². The Kier molecular flexibility index (Phi) is 5.31. The standard InChI is InChI=1S/C15H20N2O3.ClH/c1-17(10-11-4-5-16-9-11)15(18)12-2-3-13-14(8-12)20-7-6-19-13;/h2-3,8,11,16H,4-7,9-10H2,1H3;1H. The highest BCUT2D eigenvalue weighted by Crippen LogP contribution is 2.31. The summed E-state index contributed by atoms with van der Waals surface area (Å²) >= 11 is 0. The van der Waals surface area contributed by atoms with Crippen LogP contribution in [0.5, 0.6) is 11.5 Å². The third-order valence-electron chi connectivity index (χ3n) is 3.83. The maximum atomic E-state index is 12.4. The van der Waals surface area contributed by atoms with Crippen molar-refractivity contribution in [3.8, 4) is 11.5 Å². The Labute approximate surface area is 131 Å². The normalized spacial score (nSPS) is 19.8. The molecule has 1 N–H and O–H groups in total. The summed E-state index contributed by atoms with van der Waals surface area (Å²) in [7, 11) is 1.86.